The number of tetrazole rings is 1. The number of fused-ring (bicyclic) bond motifs is 3. The van der Waals surface area contributed by atoms with Gasteiger partial charge in [0.2, 0.25) is 5.82 Å². The van der Waals surface area contributed by atoms with Gasteiger partial charge in [0.1, 0.15) is 5.82 Å². The average Bonchev–Trinajstić information content (AvgIpc) is 3.71. The van der Waals surface area contributed by atoms with Gasteiger partial charge in [-0.1, -0.05) is 36.4 Å². The van der Waals surface area contributed by atoms with Crippen LogP contribution < -0.4 is 5.73 Å². The van der Waals surface area contributed by atoms with Crippen LogP contribution in [-0.4, -0.2) is 68.9 Å². The number of anilines is 1. The number of benzene rings is 1. The van der Waals surface area contributed by atoms with Crippen molar-refractivity contribution >= 4 is 23.2 Å². The predicted octanol–water partition coefficient (Wildman–Crippen LogP) is 3.31. The van der Waals surface area contributed by atoms with E-state index >= 15 is 0 Å². The number of nitrogens with zero attached hydrogens (tertiary/aromatic N) is 8. The zero-order valence-electron chi connectivity index (χ0n) is 21.7. The fourth-order valence-electron chi connectivity index (χ4n) is 6.33. The molecule has 40 heavy (non-hydrogen) atoms. The number of pyridine rings is 1. The number of rotatable bonds is 5. The molecule has 12 nitrogen and oxygen atoms in total. The molecule has 2 fully saturated rings. The zero-order valence-corrected chi connectivity index (χ0v) is 21.7. The Labute approximate surface area is 228 Å². The minimum Gasteiger partial charge on any atom is -0.383 e. The van der Waals surface area contributed by atoms with E-state index in [1.54, 1.807) is 12.4 Å². The summed E-state index contributed by atoms with van der Waals surface area (Å²) < 4.78 is 1.53. The van der Waals surface area contributed by atoms with Gasteiger partial charge in [0.25, 0.3) is 5.91 Å². The average molecular weight is 535 g/mol. The number of nitrogens with one attached hydrogen (secondary N) is 1. The molecule has 5 aromatic rings. The maximum Gasteiger partial charge on any atom is 0.293 e. The Morgan fingerprint density at radius 2 is 1.77 bits per heavy atom. The Morgan fingerprint density at radius 1 is 1.00 bits per heavy atom. The lowest BCUT2D eigenvalue weighted by Crippen LogP contribution is -2.46. The normalized spacial score (nSPS) is 20.2. The van der Waals surface area contributed by atoms with Gasteiger partial charge in [-0.3, -0.25) is 14.6 Å². The molecule has 0 aliphatic carbocycles. The van der Waals surface area contributed by atoms with E-state index in [-0.39, 0.29) is 41.3 Å². The van der Waals surface area contributed by atoms with E-state index in [0.29, 0.717) is 29.7 Å². The number of nitrogens with two attached hydrogens (primary N) is 1. The Morgan fingerprint density at radius 3 is 2.42 bits per heavy atom. The number of hydrogen-bond donors (Lipinski definition) is 2. The summed E-state index contributed by atoms with van der Waals surface area (Å²) in [7, 11) is 0. The van der Waals surface area contributed by atoms with Gasteiger partial charge in [0.15, 0.2) is 11.4 Å². The van der Waals surface area contributed by atoms with Crippen LogP contribution in [0.3, 0.4) is 0 Å². The van der Waals surface area contributed by atoms with Crippen molar-refractivity contribution in [2.75, 3.05) is 5.73 Å². The smallest absolute Gasteiger partial charge is 0.293 e. The first-order valence-electron chi connectivity index (χ1n) is 13.3. The number of carbonyl (C=O) groups excluding carboxylic acids is 2. The van der Waals surface area contributed by atoms with Crippen molar-refractivity contribution in [1.29, 1.82) is 0 Å². The quantitative estimate of drug-likeness (QED) is 0.322. The molecule has 0 saturated carbocycles. The number of ketones is 1. The number of amides is 1. The van der Waals surface area contributed by atoms with E-state index in [2.05, 4.69) is 30.7 Å². The summed E-state index contributed by atoms with van der Waals surface area (Å²) in [5.74, 6) is 0.00843. The second-order valence-electron chi connectivity index (χ2n) is 10.4. The second-order valence-corrected chi connectivity index (χ2v) is 10.4. The molecule has 0 spiro atoms. The molecular weight excluding hydrogens is 508 g/mol. The van der Waals surface area contributed by atoms with Gasteiger partial charge in [-0.15, -0.1) is 5.10 Å². The van der Waals surface area contributed by atoms with Crippen LogP contribution in [0.4, 0.5) is 5.82 Å². The van der Waals surface area contributed by atoms with Gasteiger partial charge in [-0.25, -0.2) is 10.1 Å². The molecule has 12 heteroatoms. The van der Waals surface area contributed by atoms with Gasteiger partial charge in [0.05, 0.1) is 23.1 Å². The fourth-order valence-corrected chi connectivity index (χ4v) is 6.33. The first kappa shape index (κ1) is 24.1. The van der Waals surface area contributed by atoms with Crippen molar-refractivity contribution in [2.24, 2.45) is 0 Å². The Bertz CT molecular complexity index is 1720. The van der Waals surface area contributed by atoms with Gasteiger partial charge < -0.3 is 10.6 Å². The number of aromatic amines is 1. The standard InChI is InChI=1S/C28H26N10O2/c1-15(39)23-24(18-11-19-8-9-20(12-18)37(19)28(40)26-33-35-36-34-26)32-27-21(14-31-38(27)25(23)29)17-7-10-22(30-13-17)16-5-3-2-4-6-16/h2-7,10,13-14,18-20H,8-9,11-12,29H2,1H3,(H,33,34,35,36)/t18-,19+,20-. The Balaban J connectivity index is 1.26. The Hall–Kier alpha value is -5.00. The minimum absolute atomic E-state index is 0.000443. The van der Waals surface area contributed by atoms with Crippen molar-refractivity contribution < 1.29 is 9.59 Å². The molecule has 4 aromatic heterocycles. The topological polar surface area (TPSA) is 161 Å². The van der Waals surface area contributed by atoms with Crippen molar-refractivity contribution in [2.45, 2.75) is 50.6 Å². The lowest BCUT2D eigenvalue weighted by atomic mass is 9.85. The summed E-state index contributed by atoms with van der Waals surface area (Å²) in [6.45, 7) is 1.50. The molecule has 1 aromatic carbocycles. The highest BCUT2D eigenvalue weighted by Gasteiger charge is 2.46. The van der Waals surface area contributed by atoms with Crippen LogP contribution in [0.5, 0.6) is 0 Å². The number of hydrogen-bond acceptors (Lipinski definition) is 9. The van der Waals surface area contributed by atoms with E-state index < -0.39 is 0 Å². The molecule has 2 aliphatic rings. The van der Waals surface area contributed by atoms with Crippen LogP contribution in [0.1, 0.15) is 65.2 Å². The molecule has 7 rings (SSSR count). The van der Waals surface area contributed by atoms with Crippen molar-refractivity contribution in [3.63, 3.8) is 0 Å². The van der Waals surface area contributed by atoms with Crippen molar-refractivity contribution in [1.82, 2.24) is 45.1 Å². The molecule has 1 amide bonds. The molecule has 2 aliphatic heterocycles. The van der Waals surface area contributed by atoms with E-state index in [9.17, 15) is 9.59 Å². The van der Waals surface area contributed by atoms with Crippen LogP contribution in [0.2, 0.25) is 0 Å². The Kier molecular flexibility index (Phi) is 5.61. The number of Topliss-reactive ketones (excluding diaryl/α,β-unsaturated/α-hetero) is 1. The summed E-state index contributed by atoms with van der Waals surface area (Å²) >= 11 is 0. The van der Waals surface area contributed by atoms with Crippen LogP contribution in [0.15, 0.2) is 54.9 Å². The van der Waals surface area contributed by atoms with E-state index in [0.717, 1.165) is 35.2 Å². The second kappa shape index (κ2) is 9.33. The molecule has 0 unspecified atom stereocenters. The summed E-state index contributed by atoms with van der Waals surface area (Å²) in [5, 5.41) is 18.0. The van der Waals surface area contributed by atoms with Crippen molar-refractivity contribution in [3.05, 3.63) is 71.9 Å². The largest absolute Gasteiger partial charge is 0.383 e. The predicted molar refractivity (Wildman–Crippen MR) is 145 cm³/mol. The number of H-pyrrole nitrogens is 1. The van der Waals surface area contributed by atoms with Gasteiger partial charge in [-0.2, -0.15) is 9.61 Å². The lowest BCUT2D eigenvalue weighted by molar-refractivity contribution is 0.0555. The maximum absolute atomic E-state index is 13.1. The molecule has 3 atom stereocenters. The maximum atomic E-state index is 13.1. The lowest BCUT2D eigenvalue weighted by Gasteiger charge is -2.38. The summed E-state index contributed by atoms with van der Waals surface area (Å²) in [4.78, 5) is 37.6. The first-order chi connectivity index (χ1) is 19.5. The number of piperidine rings is 1. The third-order valence-electron chi connectivity index (χ3n) is 8.11. The molecule has 200 valence electrons. The van der Waals surface area contributed by atoms with E-state index in [1.807, 2.05) is 47.4 Å². The highest BCUT2D eigenvalue weighted by Crippen LogP contribution is 2.45. The van der Waals surface area contributed by atoms with Crippen LogP contribution in [0.25, 0.3) is 28.0 Å². The van der Waals surface area contributed by atoms with Gasteiger partial charge in [-0.05, 0) is 49.1 Å². The minimum atomic E-state index is -0.199. The fraction of sp³-hybridized carbons (Fsp3) is 0.286. The SMILES string of the molecule is CC(=O)c1c([C@H]2C[C@H]3CC[C@@H](C2)N3C(=O)c2nnn[nH]2)nc2c(-c3ccc(-c4ccccc4)nc3)cnn2c1N. The number of nitrogen functional groups attached to an aromatic ring is 1. The van der Waals surface area contributed by atoms with Gasteiger partial charge >= 0.3 is 0 Å². The van der Waals surface area contributed by atoms with E-state index in [4.69, 9.17) is 10.7 Å². The highest BCUT2D eigenvalue weighted by molar-refractivity contribution is 6.00. The molecule has 3 N–H and O–H groups in total. The number of carbonyl (C=O) groups is 2. The highest BCUT2D eigenvalue weighted by atomic mass is 16.2. The molecule has 2 bridgehead atoms. The van der Waals surface area contributed by atoms with Crippen LogP contribution in [0, 0.1) is 0 Å². The summed E-state index contributed by atoms with van der Waals surface area (Å²) in [5.41, 5.74) is 11.7. The summed E-state index contributed by atoms with van der Waals surface area (Å²) in [6, 6.07) is 13.9. The third kappa shape index (κ3) is 3.82. The van der Waals surface area contributed by atoms with Crippen LogP contribution in [-0.2, 0) is 0 Å². The van der Waals surface area contributed by atoms with Crippen molar-refractivity contribution in [3.8, 4) is 22.4 Å². The van der Waals surface area contributed by atoms with E-state index in [1.165, 1.54) is 11.4 Å². The molecular formula is C28H26N10O2. The van der Waals surface area contributed by atoms with Crippen LogP contribution >= 0.6 is 0 Å². The molecule has 6 heterocycles. The monoisotopic (exact) mass is 534 g/mol. The third-order valence-corrected chi connectivity index (χ3v) is 8.11. The molecule has 0 radical (unpaired) electrons. The first-order valence-corrected chi connectivity index (χ1v) is 13.3. The zero-order chi connectivity index (χ0) is 27.4. The summed E-state index contributed by atoms with van der Waals surface area (Å²) in [6.07, 6.45) is 6.60. The molecule has 2 saturated heterocycles. The van der Waals surface area contributed by atoms with Gasteiger partial charge in [0, 0.05) is 40.9 Å². The number of aromatic nitrogens is 8.